The molecule has 534 valence electrons. The van der Waals surface area contributed by atoms with Gasteiger partial charge in [-0.3, -0.25) is 52.7 Å². The highest BCUT2D eigenvalue weighted by atomic mass is 32.2. The highest BCUT2D eigenvalue weighted by Gasteiger charge is 2.47. The van der Waals surface area contributed by atoms with E-state index in [1.54, 1.807) is 60.6 Å². The molecule has 1 rings (SSSR count). The molecule has 0 aromatic heterocycles. The van der Waals surface area contributed by atoms with Crippen molar-refractivity contribution >= 4 is 76.7 Å². The molecular formula is C67H121N11O14S. The van der Waals surface area contributed by atoms with Crippen LogP contribution in [0.15, 0.2) is 12.2 Å². The fraction of sp³-hybridized carbons (Fsp3) is 0.806. The van der Waals surface area contributed by atoms with Crippen LogP contribution in [0.4, 0.5) is 0 Å². The fourth-order valence-corrected chi connectivity index (χ4v) is 12.7. The van der Waals surface area contributed by atoms with Gasteiger partial charge in [0.15, 0.2) is 0 Å². The van der Waals surface area contributed by atoms with E-state index in [0.717, 1.165) is 14.7 Å². The number of hydrogen-bond acceptors (Lipinski definition) is 15. The molecule has 0 saturated carbocycles. The Morgan fingerprint density at radius 3 is 1.42 bits per heavy atom. The standard InChI is InChI=1S/C67H121N11O14S/c1-25-27-30-43(13)55(80)54-59(84)70-46(26-2)61(86)76(22)51(37-93-32-29-28-31-79)64(89)75(21)50(36-67(16,17)92)58(83)71-52(41(9)10)65(90)72(18)47(33-38(3)4)57(82)68-44(14)56(81)69-45(15)60(85)73(19)48(34-39(5)6)62(87)74(20)49(35-40(7)8)63(88)77(23)53(42(11)12)66(91)78(54)24/h25,27,38-55,79-80,92H,26,28-37H2,1-24H3,(H,68,82)(H,69,81)(H,70,84)(H,71,83)/t43-,44+,45-,46+,47+,48+,49+,50+,51+,52+,53+,54+,55-/m1/s1. The van der Waals surface area contributed by atoms with Crippen molar-refractivity contribution in [2.24, 2.45) is 35.5 Å². The number of carbonyl (C=O) groups is 11. The minimum absolute atomic E-state index is 0.0336. The molecule has 7 N–H and O–H groups in total. The van der Waals surface area contributed by atoms with E-state index in [-0.39, 0.29) is 68.6 Å². The number of nitrogens with one attached hydrogen (secondary N) is 4. The van der Waals surface area contributed by atoms with Crippen molar-refractivity contribution in [3.8, 4) is 0 Å². The summed E-state index contributed by atoms with van der Waals surface area (Å²) in [6, 6.07) is -14.5. The van der Waals surface area contributed by atoms with Gasteiger partial charge in [-0.1, -0.05) is 95.2 Å². The Hall–Kier alpha value is -5.86. The van der Waals surface area contributed by atoms with Gasteiger partial charge in [-0.05, 0) is 121 Å². The zero-order valence-corrected chi connectivity index (χ0v) is 61.5. The van der Waals surface area contributed by atoms with E-state index >= 15 is 28.8 Å². The summed E-state index contributed by atoms with van der Waals surface area (Å²) < 4.78 is 0. The third-order valence-electron chi connectivity index (χ3n) is 17.4. The van der Waals surface area contributed by atoms with Crippen LogP contribution in [0.1, 0.15) is 169 Å². The van der Waals surface area contributed by atoms with Crippen LogP contribution in [0.5, 0.6) is 0 Å². The number of nitrogens with zero attached hydrogens (tertiary/aromatic N) is 7. The largest absolute Gasteiger partial charge is 0.396 e. The molecule has 11 amide bonds. The van der Waals surface area contributed by atoms with E-state index < -0.39 is 161 Å². The lowest BCUT2D eigenvalue weighted by Crippen LogP contribution is -2.64. The number of amides is 11. The zero-order chi connectivity index (χ0) is 72.0. The quantitative estimate of drug-likeness (QED) is 0.0641. The van der Waals surface area contributed by atoms with Gasteiger partial charge in [0.2, 0.25) is 65.0 Å². The molecule has 1 aliphatic heterocycles. The molecule has 1 heterocycles. The van der Waals surface area contributed by atoms with Crippen LogP contribution in [0.25, 0.3) is 0 Å². The Balaban J connectivity index is 4.56. The first-order valence-electron chi connectivity index (χ1n) is 33.3. The van der Waals surface area contributed by atoms with Crippen LogP contribution in [0.3, 0.4) is 0 Å². The van der Waals surface area contributed by atoms with Crippen LogP contribution >= 0.6 is 11.8 Å². The second-order valence-corrected chi connectivity index (χ2v) is 29.4. The number of hydrogen-bond donors (Lipinski definition) is 7. The molecule has 0 spiro atoms. The van der Waals surface area contributed by atoms with Gasteiger partial charge in [0.1, 0.15) is 66.5 Å². The molecule has 0 bridgehead atoms. The van der Waals surface area contributed by atoms with Crippen molar-refractivity contribution < 1.29 is 68.1 Å². The Bertz CT molecular complexity index is 2530. The molecular weight excluding hydrogens is 1210 g/mol. The molecule has 93 heavy (non-hydrogen) atoms. The summed E-state index contributed by atoms with van der Waals surface area (Å²) in [5.74, 6) is -10.1. The van der Waals surface area contributed by atoms with Crippen molar-refractivity contribution in [3.63, 3.8) is 0 Å². The van der Waals surface area contributed by atoms with Crippen molar-refractivity contribution in [1.29, 1.82) is 0 Å². The van der Waals surface area contributed by atoms with E-state index in [2.05, 4.69) is 21.3 Å². The van der Waals surface area contributed by atoms with E-state index in [0.29, 0.717) is 18.6 Å². The number of carbonyl (C=O) groups excluding carboxylic acids is 11. The Morgan fingerprint density at radius 2 is 0.946 bits per heavy atom. The molecule has 1 saturated heterocycles. The van der Waals surface area contributed by atoms with Crippen LogP contribution in [0, 0.1) is 35.5 Å². The molecule has 0 aromatic carbocycles. The van der Waals surface area contributed by atoms with Crippen molar-refractivity contribution in [1.82, 2.24) is 55.6 Å². The van der Waals surface area contributed by atoms with Gasteiger partial charge in [-0.15, -0.1) is 0 Å². The van der Waals surface area contributed by atoms with Gasteiger partial charge in [0.05, 0.1) is 11.7 Å². The smallest absolute Gasteiger partial charge is 0.246 e. The Morgan fingerprint density at radius 1 is 0.505 bits per heavy atom. The summed E-state index contributed by atoms with van der Waals surface area (Å²) in [5.41, 5.74) is -1.60. The van der Waals surface area contributed by atoms with E-state index in [1.807, 2.05) is 41.5 Å². The predicted molar refractivity (Wildman–Crippen MR) is 362 cm³/mol. The third kappa shape index (κ3) is 25.0. The van der Waals surface area contributed by atoms with Crippen molar-refractivity contribution in [3.05, 3.63) is 12.2 Å². The SMILES string of the molecule is CC=CC[C@@H](C)[C@@H](O)[C@H]1C(=O)N[C@@H](CC)C(=O)N(C)[C@@H](CSCCCCO)C(=O)N(C)[C@@H](CC(C)(C)O)C(=O)N[C@@H](C(C)C)C(=O)N(C)[C@@H](CC(C)C)C(=O)N[C@@H](C)C(=O)N[C@H](C)C(=O)N(C)[C@@H](CC(C)C)C(=O)N(C)[C@@H](CC(C)C)C(=O)N(C)[C@@H](C(C)C)C(=O)N1C. The van der Waals surface area contributed by atoms with E-state index in [9.17, 15) is 39.3 Å². The van der Waals surface area contributed by atoms with Crippen LogP contribution in [-0.2, 0) is 52.7 Å². The minimum Gasteiger partial charge on any atom is -0.396 e. The topological polar surface area (TPSA) is 319 Å². The number of aliphatic hydroxyl groups is 3. The predicted octanol–water partition coefficient (Wildman–Crippen LogP) is 3.26. The van der Waals surface area contributed by atoms with Crippen LogP contribution in [0.2, 0.25) is 0 Å². The number of rotatable bonds is 21. The zero-order valence-electron chi connectivity index (χ0n) is 60.7. The first-order valence-corrected chi connectivity index (χ1v) is 34.4. The average molecular weight is 1340 g/mol. The molecule has 1 fully saturated rings. The van der Waals surface area contributed by atoms with Gasteiger partial charge >= 0.3 is 0 Å². The fourth-order valence-electron chi connectivity index (χ4n) is 11.5. The van der Waals surface area contributed by atoms with E-state index in [4.69, 9.17) is 0 Å². The number of thioether (sulfide) groups is 1. The molecule has 25 nitrogen and oxygen atoms in total. The first-order chi connectivity index (χ1) is 43.0. The second kappa shape index (κ2) is 39.2. The Labute approximate surface area is 560 Å². The maximum absolute atomic E-state index is 15.3. The lowest BCUT2D eigenvalue weighted by Gasteiger charge is -2.41. The van der Waals surface area contributed by atoms with Gasteiger partial charge in [-0.2, -0.15) is 11.8 Å². The normalized spacial score (nSPS) is 26.6. The Kier molecular flexibility index (Phi) is 35.9. The van der Waals surface area contributed by atoms with Crippen molar-refractivity contribution in [2.75, 3.05) is 67.4 Å². The minimum atomic E-state index is -1.67. The molecule has 1 aliphatic rings. The highest BCUT2D eigenvalue weighted by molar-refractivity contribution is 7.99. The summed E-state index contributed by atoms with van der Waals surface area (Å²) >= 11 is 1.30. The maximum atomic E-state index is 15.3. The lowest BCUT2D eigenvalue weighted by molar-refractivity contribution is -0.157. The summed E-state index contributed by atoms with van der Waals surface area (Å²) in [6.07, 6.45) is 3.28. The number of allylic oxidation sites excluding steroid dienone is 2. The third-order valence-corrected chi connectivity index (χ3v) is 18.5. The van der Waals surface area contributed by atoms with Crippen molar-refractivity contribution in [2.45, 2.75) is 247 Å². The molecule has 0 aromatic rings. The highest BCUT2D eigenvalue weighted by Crippen LogP contribution is 2.27. The summed E-state index contributed by atoms with van der Waals surface area (Å²) in [6.45, 7) is 28.7. The summed E-state index contributed by atoms with van der Waals surface area (Å²) in [7, 11) is 9.77. The summed E-state index contributed by atoms with van der Waals surface area (Å²) in [5, 5.41) is 44.2. The monoisotopic (exact) mass is 1340 g/mol. The number of likely N-dealkylation sites (N-methyl/N-ethyl adjacent to an activating group) is 7. The van der Waals surface area contributed by atoms with Crippen LogP contribution in [-0.4, -0.2) is 260 Å². The molecule has 13 atom stereocenters. The number of aliphatic hydroxyl groups excluding tert-OH is 2. The maximum Gasteiger partial charge on any atom is 0.246 e. The second-order valence-electron chi connectivity index (χ2n) is 28.2. The van der Waals surface area contributed by atoms with Gasteiger partial charge in [0, 0.05) is 68.1 Å². The molecule has 0 radical (unpaired) electrons. The summed E-state index contributed by atoms with van der Waals surface area (Å²) in [4.78, 5) is 172. The van der Waals surface area contributed by atoms with Gasteiger partial charge in [-0.25, -0.2) is 0 Å². The van der Waals surface area contributed by atoms with Gasteiger partial charge in [0.25, 0.3) is 0 Å². The first kappa shape index (κ1) is 85.2. The number of unbranched alkanes of at least 4 members (excludes halogenated alkanes) is 1. The molecule has 26 heteroatoms. The van der Waals surface area contributed by atoms with Gasteiger partial charge < -0.3 is 70.9 Å². The van der Waals surface area contributed by atoms with Crippen LogP contribution < -0.4 is 21.3 Å². The molecule has 0 aliphatic carbocycles. The average Bonchev–Trinajstić information content (AvgIpc) is 0.853. The van der Waals surface area contributed by atoms with E-state index in [1.165, 1.54) is 108 Å². The molecule has 0 unspecified atom stereocenters. The lowest BCUT2D eigenvalue weighted by atomic mass is 9.91.